The van der Waals surface area contributed by atoms with E-state index in [1.54, 1.807) is 30.0 Å². The number of rotatable bonds is 8. The van der Waals surface area contributed by atoms with Gasteiger partial charge in [-0.2, -0.15) is 4.72 Å². The maximum Gasteiger partial charge on any atom is 0.244 e. The number of methoxy groups -OCH3 is 1. The molecule has 0 radical (unpaired) electrons. The number of amides is 1. The van der Waals surface area contributed by atoms with Gasteiger partial charge in [0.2, 0.25) is 15.9 Å². The monoisotopic (exact) mass is 507 g/mol. The van der Waals surface area contributed by atoms with Gasteiger partial charge in [0.15, 0.2) is 0 Å². The van der Waals surface area contributed by atoms with Gasteiger partial charge < -0.3 is 9.64 Å². The van der Waals surface area contributed by atoms with E-state index < -0.39 is 16.1 Å². The van der Waals surface area contributed by atoms with Crippen LogP contribution in [0, 0.1) is 6.92 Å². The molecular formula is C28H33N3O4S. The van der Waals surface area contributed by atoms with Crippen LogP contribution in [0.25, 0.3) is 0 Å². The Labute approximate surface area is 213 Å². The molecule has 8 heteroatoms. The van der Waals surface area contributed by atoms with Gasteiger partial charge in [0.25, 0.3) is 0 Å². The largest absolute Gasteiger partial charge is 0.495 e. The zero-order valence-corrected chi connectivity index (χ0v) is 21.7. The van der Waals surface area contributed by atoms with Crippen LogP contribution in [-0.4, -0.2) is 63.5 Å². The third kappa shape index (κ3) is 5.78. The molecule has 0 aliphatic carbocycles. The Morgan fingerprint density at radius 3 is 1.97 bits per heavy atom. The van der Waals surface area contributed by atoms with Gasteiger partial charge in [-0.15, -0.1) is 0 Å². The second kappa shape index (κ2) is 11.2. The SMILES string of the molecule is COc1ccc(C)cc1S(=O)(=O)N[C@H](C)C(=O)N1CCN(C(c2ccccc2)c2ccccc2)CC1. The molecule has 4 rings (SSSR count). The fourth-order valence-corrected chi connectivity index (χ4v) is 6.15. The minimum absolute atomic E-state index is 0.0306. The number of ether oxygens (including phenoxy) is 1. The smallest absolute Gasteiger partial charge is 0.244 e. The Kier molecular flexibility index (Phi) is 8.08. The lowest BCUT2D eigenvalue weighted by atomic mass is 9.96. The predicted molar refractivity (Wildman–Crippen MR) is 140 cm³/mol. The van der Waals surface area contributed by atoms with Crippen LogP contribution in [0.2, 0.25) is 0 Å². The highest BCUT2D eigenvalue weighted by Gasteiger charge is 2.32. The van der Waals surface area contributed by atoms with E-state index in [1.165, 1.54) is 18.2 Å². The molecule has 1 aliphatic heterocycles. The minimum atomic E-state index is -3.94. The molecule has 0 unspecified atom stereocenters. The number of piperazine rings is 1. The molecule has 1 amide bonds. The maximum absolute atomic E-state index is 13.2. The fraction of sp³-hybridized carbons (Fsp3) is 0.321. The first kappa shape index (κ1) is 25.9. The molecule has 1 fully saturated rings. The molecule has 1 saturated heterocycles. The first-order valence-electron chi connectivity index (χ1n) is 12.1. The highest BCUT2D eigenvalue weighted by molar-refractivity contribution is 7.89. The van der Waals surface area contributed by atoms with Crippen LogP contribution in [0.3, 0.4) is 0 Å². The topological polar surface area (TPSA) is 78.9 Å². The highest BCUT2D eigenvalue weighted by atomic mass is 32.2. The van der Waals surface area contributed by atoms with Gasteiger partial charge in [0.1, 0.15) is 10.6 Å². The Morgan fingerprint density at radius 2 is 1.44 bits per heavy atom. The average molecular weight is 508 g/mol. The molecule has 0 saturated carbocycles. The van der Waals surface area contributed by atoms with Crippen molar-refractivity contribution in [3.63, 3.8) is 0 Å². The summed E-state index contributed by atoms with van der Waals surface area (Å²) in [5.41, 5.74) is 3.20. The van der Waals surface area contributed by atoms with E-state index in [0.717, 1.165) is 5.56 Å². The molecule has 3 aromatic carbocycles. The van der Waals surface area contributed by atoms with Crippen LogP contribution in [-0.2, 0) is 14.8 Å². The molecule has 1 aliphatic rings. The molecule has 0 aromatic heterocycles. The van der Waals surface area contributed by atoms with Crippen molar-refractivity contribution in [2.75, 3.05) is 33.3 Å². The highest BCUT2D eigenvalue weighted by Crippen LogP contribution is 2.30. The maximum atomic E-state index is 13.2. The van der Waals surface area contributed by atoms with Gasteiger partial charge in [-0.3, -0.25) is 9.69 Å². The summed E-state index contributed by atoms with van der Waals surface area (Å²) in [6, 6.07) is 24.9. The third-order valence-electron chi connectivity index (χ3n) is 6.53. The summed E-state index contributed by atoms with van der Waals surface area (Å²) in [7, 11) is -2.51. The molecular weight excluding hydrogens is 474 g/mol. The number of carbonyl (C=O) groups is 1. The quantitative estimate of drug-likeness (QED) is 0.504. The summed E-state index contributed by atoms with van der Waals surface area (Å²) >= 11 is 0. The van der Waals surface area contributed by atoms with Crippen molar-refractivity contribution in [2.24, 2.45) is 0 Å². The van der Waals surface area contributed by atoms with Crippen molar-refractivity contribution < 1.29 is 17.9 Å². The Bertz CT molecular complexity index is 1240. The van der Waals surface area contributed by atoms with E-state index in [4.69, 9.17) is 4.74 Å². The van der Waals surface area contributed by atoms with Crippen molar-refractivity contribution in [1.82, 2.24) is 14.5 Å². The number of nitrogens with one attached hydrogen (secondary N) is 1. The minimum Gasteiger partial charge on any atom is -0.495 e. The van der Waals surface area contributed by atoms with Crippen LogP contribution in [0.1, 0.15) is 29.7 Å². The van der Waals surface area contributed by atoms with Gasteiger partial charge >= 0.3 is 0 Å². The van der Waals surface area contributed by atoms with Crippen molar-refractivity contribution in [3.05, 3.63) is 95.6 Å². The zero-order chi connectivity index (χ0) is 25.7. The molecule has 3 aromatic rings. The van der Waals surface area contributed by atoms with Crippen LogP contribution >= 0.6 is 0 Å². The van der Waals surface area contributed by atoms with Crippen LogP contribution in [0.15, 0.2) is 83.8 Å². The molecule has 1 heterocycles. The zero-order valence-electron chi connectivity index (χ0n) is 20.9. The molecule has 0 bridgehead atoms. The molecule has 1 N–H and O–H groups in total. The van der Waals surface area contributed by atoms with Crippen molar-refractivity contribution in [3.8, 4) is 5.75 Å². The van der Waals surface area contributed by atoms with Gasteiger partial charge in [-0.25, -0.2) is 8.42 Å². The second-order valence-corrected chi connectivity index (χ2v) is 10.8. The molecule has 0 spiro atoms. The van der Waals surface area contributed by atoms with Crippen molar-refractivity contribution in [1.29, 1.82) is 0 Å². The van der Waals surface area contributed by atoms with Gasteiger partial charge in [0.05, 0.1) is 19.2 Å². The van der Waals surface area contributed by atoms with E-state index in [0.29, 0.717) is 26.2 Å². The van der Waals surface area contributed by atoms with E-state index in [2.05, 4.69) is 33.9 Å². The second-order valence-electron chi connectivity index (χ2n) is 9.08. The van der Waals surface area contributed by atoms with Crippen LogP contribution < -0.4 is 9.46 Å². The third-order valence-corrected chi connectivity index (χ3v) is 8.09. The van der Waals surface area contributed by atoms with Crippen LogP contribution in [0.4, 0.5) is 0 Å². The Balaban J connectivity index is 1.44. The van der Waals surface area contributed by atoms with E-state index >= 15 is 0 Å². The van der Waals surface area contributed by atoms with Crippen LogP contribution in [0.5, 0.6) is 5.75 Å². The number of nitrogens with zero attached hydrogens (tertiary/aromatic N) is 2. The molecule has 190 valence electrons. The standard InChI is InChI=1S/C28H33N3O4S/c1-21-14-15-25(35-3)26(20-21)36(33,34)29-22(2)28(32)31-18-16-30(17-19-31)27(23-10-6-4-7-11-23)24-12-8-5-9-13-24/h4-15,20,22,27,29H,16-19H2,1-3H3/t22-/m1/s1. The number of aryl methyl sites for hydroxylation is 1. The molecule has 1 atom stereocenters. The number of sulfonamides is 1. The number of hydrogen-bond donors (Lipinski definition) is 1. The summed E-state index contributed by atoms with van der Waals surface area (Å²) in [5, 5.41) is 0. The Hall–Kier alpha value is -3.20. The summed E-state index contributed by atoms with van der Waals surface area (Å²) in [6.45, 7) is 5.82. The first-order chi connectivity index (χ1) is 17.3. The van der Waals surface area contributed by atoms with Gasteiger partial charge in [0, 0.05) is 26.2 Å². The van der Waals surface area contributed by atoms with E-state index in [9.17, 15) is 13.2 Å². The lowest BCUT2D eigenvalue weighted by Gasteiger charge is -2.40. The average Bonchev–Trinajstić information content (AvgIpc) is 2.90. The molecule has 7 nitrogen and oxygen atoms in total. The lowest BCUT2D eigenvalue weighted by molar-refractivity contribution is -0.134. The first-order valence-corrected chi connectivity index (χ1v) is 13.6. The predicted octanol–water partition coefficient (Wildman–Crippen LogP) is 3.60. The normalized spacial score (nSPS) is 15.6. The summed E-state index contributed by atoms with van der Waals surface area (Å²) < 4.78 is 33.9. The van der Waals surface area contributed by atoms with E-state index in [-0.39, 0.29) is 22.6 Å². The van der Waals surface area contributed by atoms with E-state index in [1.807, 2.05) is 43.3 Å². The fourth-order valence-electron chi connectivity index (χ4n) is 4.70. The van der Waals surface area contributed by atoms with Crippen molar-refractivity contribution in [2.45, 2.75) is 30.8 Å². The molecule has 36 heavy (non-hydrogen) atoms. The number of carbonyl (C=O) groups excluding carboxylic acids is 1. The summed E-state index contributed by atoms with van der Waals surface area (Å²) in [4.78, 5) is 17.3. The number of hydrogen-bond acceptors (Lipinski definition) is 5. The number of benzene rings is 3. The Morgan fingerprint density at radius 1 is 0.889 bits per heavy atom. The van der Waals surface area contributed by atoms with Gasteiger partial charge in [-0.1, -0.05) is 66.7 Å². The lowest BCUT2D eigenvalue weighted by Crippen LogP contribution is -2.54. The van der Waals surface area contributed by atoms with Crippen molar-refractivity contribution >= 4 is 15.9 Å². The van der Waals surface area contributed by atoms with Gasteiger partial charge in [-0.05, 0) is 42.7 Å². The summed E-state index contributed by atoms with van der Waals surface area (Å²) in [6.07, 6.45) is 0. The summed E-state index contributed by atoms with van der Waals surface area (Å²) in [5.74, 6) is 0.00930.